The molecule has 9 nitrogen and oxygen atoms in total. The molecule has 0 aliphatic carbocycles. The van der Waals surface area contributed by atoms with Gasteiger partial charge in [0.05, 0.1) is 19.8 Å². The Bertz CT molecular complexity index is 681. The van der Waals surface area contributed by atoms with E-state index in [1.807, 2.05) is 37.3 Å². The van der Waals surface area contributed by atoms with E-state index in [9.17, 15) is 14.4 Å². The second-order valence-corrected chi connectivity index (χ2v) is 6.60. The molecule has 0 aliphatic rings. The van der Waals surface area contributed by atoms with Crippen molar-refractivity contribution in [2.45, 2.75) is 39.0 Å². The average molecular weight is 421 g/mol. The fourth-order valence-electron chi connectivity index (χ4n) is 2.33. The molecular weight excluding hydrogens is 390 g/mol. The van der Waals surface area contributed by atoms with E-state index in [2.05, 4.69) is 5.32 Å². The molecule has 9 heteroatoms. The predicted octanol–water partition coefficient (Wildman–Crippen LogP) is 2.49. The SMILES string of the molecule is CCCOC(=O)CN(C)C(=N)NC(=O)OCCCOC(=O)CCCc1ccccc1. The Morgan fingerprint density at radius 1 is 0.967 bits per heavy atom. The smallest absolute Gasteiger partial charge is 0.413 e. The molecule has 2 N–H and O–H groups in total. The first-order chi connectivity index (χ1) is 14.4. The number of alkyl carbamates (subject to hydrolysis) is 1. The minimum atomic E-state index is -0.817. The summed E-state index contributed by atoms with van der Waals surface area (Å²) >= 11 is 0. The highest BCUT2D eigenvalue weighted by molar-refractivity contribution is 5.93. The van der Waals surface area contributed by atoms with Crippen molar-refractivity contribution in [1.29, 1.82) is 5.41 Å². The summed E-state index contributed by atoms with van der Waals surface area (Å²) < 4.78 is 14.9. The maximum atomic E-state index is 11.7. The summed E-state index contributed by atoms with van der Waals surface area (Å²) in [7, 11) is 1.48. The number of benzene rings is 1. The molecule has 0 unspecified atom stereocenters. The first-order valence-corrected chi connectivity index (χ1v) is 10.0. The number of rotatable bonds is 12. The number of nitrogens with zero attached hydrogens (tertiary/aromatic N) is 1. The molecule has 0 bridgehead atoms. The topological polar surface area (TPSA) is 118 Å². The average Bonchev–Trinajstić information content (AvgIpc) is 2.72. The van der Waals surface area contributed by atoms with Crippen LogP contribution in [-0.2, 0) is 30.2 Å². The Kier molecular flexibility index (Phi) is 12.3. The molecule has 1 aromatic carbocycles. The summed E-state index contributed by atoms with van der Waals surface area (Å²) in [4.78, 5) is 36.1. The molecule has 0 aromatic heterocycles. The highest BCUT2D eigenvalue weighted by atomic mass is 16.6. The van der Waals surface area contributed by atoms with Gasteiger partial charge in [-0.15, -0.1) is 0 Å². The van der Waals surface area contributed by atoms with Crippen molar-refractivity contribution >= 4 is 24.0 Å². The van der Waals surface area contributed by atoms with E-state index in [0.29, 0.717) is 32.3 Å². The third kappa shape index (κ3) is 11.7. The summed E-state index contributed by atoms with van der Waals surface area (Å²) in [6.45, 7) is 2.23. The predicted molar refractivity (Wildman–Crippen MR) is 111 cm³/mol. The second-order valence-electron chi connectivity index (χ2n) is 6.60. The number of ether oxygens (including phenoxy) is 3. The van der Waals surface area contributed by atoms with Crippen LogP contribution < -0.4 is 5.32 Å². The minimum absolute atomic E-state index is 0.0403. The molecule has 1 amide bonds. The van der Waals surface area contributed by atoms with Crippen molar-refractivity contribution in [2.24, 2.45) is 0 Å². The van der Waals surface area contributed by atoms with Crippen molar-refractivity contribution in [3.8, 4) is 0 Å². The fraction of sp³-hybridized carbons (Fsp3) is 0.524. The van der Waals surface area contributed by atoms with E-state index in [0.717, 1.165) is 6.42 Å². The van der Waals surface area contributed by atoms with Gasteiger partial charge in [0.1, 0.15) is 6.54 Å². The Morgan fingerprint density at radius 2 is 1.63 bits per heavy atom. The lowest BCUT2D eigenvalue weighted by Crippen LogP contribution is -2.44. The van der Waals surface area contributed by atoms with Crippen LogP contribution in [0.4, 0.5) is 4.79 Å². The van der Waals surface area contributed by atoms with Crippen LogP contribution in [0.1, 0.15) is 38.2 Å². The van der Waals surface area contributed by atoms with Crippen LogP contribution >= 0.6 is 0 Å². The molecule has 0 saturated heterocycles. The van der Waals surface area contributed by atoms with Crippen LogP contribution in [0, 0.1) is 5.41 Å². The molecule has 1 rings (SSSR count). The molecule has 0 saturated carbocycles. The largest absolute Gasteiger partial charge is 0.466 e. The highest BCUT2D eigenvalue weighted by Gasteiger charge is 2.14. The van der Waals surface area contributed by atoms with Crippen molar-refractivity contribution < 1.29 is 28.6 Å². The Balaban J connectivity index is 2.07. The molecule has 0 atom stereocenters. The number of esters is 2. The van der Waals surface area contributed by atoms with E-state index in [-0.39, 0.29) is 31.7 Å². The number of carbonyl (C=O) groups is 3. The number of hydrogen-bond donors (Lipinski definition) is 2. The van der Waals surface area contributed by atoms with Crippen LogP contribution in [0.15, 0.2) is 30.3 Å². The molecule has 0 aliphatic heterocycles. The first kappa shape index (κ1) is 24.9. The highest BCUT2D eigenvalue weighted by Crippen LogP contribution is 2.05. The normalized spacial score (nSPS) is 10.1. The number of aryl methyl sites for hydroxylation is 1. The Labute approximate surface area is 177 Å². The van der Waals surface area contributed by atoms with Gasteiger partial charge in [-0.3, -0.25) is 20.3 Å². The first-order valence-electron chi connectivity index (χ1n) is 10.0. The lowest BCUT2D eigenvalue weighted by Gasteiger charge is -2.19. The van der Waals surface area contributed by atoms with E-state index in [4.69, 9.17) is 19.6 Å². The van der Waals surface area contributed by atoms with Crippen LogP contribution in [0.3, 0.4) is 0 Å². The lowest BCUT2D eigenvalue weighted by atomic mass is 10.1. The Morgan fingerprint density at radius 3 is 2.33 bits per heavy atom. The lowest BCUT2D eigenvalue weighted by molar-refractivity contribution is -0.144. The van der Waals surface area contributed by atoms with Gasteiger partial charge in [-0.1, -0.05) is 37.3 Å². The second kappa shape index (κ2) is 14.8. The number of amides is 1. The van der Waals surface area contributed by atoms with E-state index >= 15 is 0 Å². The third-order valence-corrected chi connectivity index (χ3v) is 3.91. The van der Waals surface area contributed by atoms with Gasteiger partial charge in [-0.2, -0.15) is 0 Å². The van der Waals surface area contributed by atoms with Crippen molar-refractivity contribution in [1.82, 2.24) is 10.2 Å². The van der Waals surface area contributed by atoms with Gasteiger partial charge < -0.3 is 19.1 Å². The van der Waals surface area contributed by atoms with Crippen molar-refractivity contribution in [3.63, 3.8) is 0 Å². The van der Waals surface area contributed by atoms with Crippen LogP contribution in [0.25, 0.3) is 0 Å². The maximum Gasteiger partial charge on any atom is 0.413 e. The van der Waals surface area contributed by atoms with Crippen LogP contribution in [0.2, 0.25) is 0 Å². The molecule has 1 aromatic rings. The molecule has 166 valence electrons. The summed E-state index contributed by atoms with van der Waals surface area (Å²) in [6.07, 6.45) is 2.10. The molecule has 0 spiro atoms. The molecular formula is C21H31N3O6. The quantitative estimate of drug-likeness (QED) is 0.175. The van der Waals surface area contributed by atoms with Gasteiger partial charge in [0.2, 0.25) is 5.96 Å². The zero-order valence-corrected chi connectivity index (χ0v) is 17.6. The zero-order chi connectivity index (χ0) is 22.2. The van der Waals surface area contributed by atoms with Gasteiger partial charge in [-0.05, 0) is 24.8 Å². The van der Waals surface area contributed by atoms with Gasteiger partial charge in [0.15, 0.2) is 0 Å². The van der Waals surface area contributed by atoms with Crippen molar-refractivity contribution in [3.05, 3.63) is 35.9 Å². The minimum Gasteiger partial charge on any atom is -0.466 e. The maximum absolute atomic E-state index is 11.7. The summed E-state index contributed by atoms with van der Waals surface area (Å²) in [5.41, 5.74) is 1.18. The van der Waals surface area contributed by atoms with Gasteiger partial charge >= 0.3 is 18.0 Å². The molecule has 0 radical (unpaired) electrons. The number of nitrogens with one attached hydrogen (secondary N) is 2. The molecule has 30 heavy (non-hydrogen) atoms. The number of guanidine groups is 1. The Hall–Kier alpha value is -3.10. The fourth-order valence-corrected chi connectivity index (χ4v) is 2.33. The van der Waals surface area contributed by atoms with Crippen molar-refractivity contribution in [2.75, 3.05) is 33.4 Å². The van der Waals surface area contributed by atoms with Crippen LogP contribution in [-0.4, -0.2) is 62.3 Å². The summed E-state index contributed by atoms with van der Waals surface area (Å²) in [5.74, 6) is -1.04. The van der Waals surface area contributed by atoms with E-state index < -0.39 is 12.1 Å². The third-order valence-electron chi connectivity index (χ3n) is 3.91. The number of hydrogen-bond acceptors (Lipinski definition) is 7. The summed E-state index contributed by atoms with van der Waals surface area (Å²) in [6, 6.07) is 9.91. The molecule has 0 fully saturated rings. The van der Waals surface area contributed by atoms with E-state index in [1.54, 1.807) is 0 Å². The zero-order valence-electron chi connectivity index (χ0n) is 17.6. The number of likely N-dealkylation sites (N-methyl/N-ethyl adjacent to an activating group) is 1. The number of carbonyl (C=O) groups excluding carboxylic acids is 3. The van der Waals surface area contributed by atoms with E-state index in [1.165, 1.54) is 17.5 Å². The molecule has 0 heterocycles. The summed E-state index contributed by atoms with van der Waals surface area (Å²) in [5, 5.41) is 9.95. The van der Waals surface area contributed by atoms with Gasteiger partial charge in [-0.25, -0.2) is 4.79 Å². The monoisotopic (exact) mass is 421 g/mol. The van der Waals surface area contributed by atoms with Crippen LogP contribution in [0.5, 0.6) is 0 Å². The van der Waals surface area contributed by atoms with Gasteiger partial charge in [0, 0.05) is 19.9 Å². The van der Waals surface area contributed by atoms with Gasteiger partial charge in [0.25, 0.3) is 0 Å². The standard InChI is InChI=1S/C21H31N3O6/c1-3-13-28-19(26)16-24(2)20(22)23-21(27)30-15-8-14-29-18(25)12-7-11-17-9-5-4-6-10-17/h4-6,9-10H,3,7-8,11-16H2,1-2H3,(H2,22,23,27).